The van der Waals surface area contributed by atoms with E-state index in [1.54, 1.807) is 30.3 Å². The van der Waals surface area contributed by atoms with Crippen LogP contribution in [0.2, 0.25) is 0 Å². The van der Waals surface area contributed by atoms with Gasteiger partial charge < -0.3 is 9.73 Å². The maximum Gasteiger partial charge on any atom is 0.287 e. The lowest BCUT2D eigenvalue weighted by Gasteiger charge is -2.07. The molecule has 0 bridgehead atoms. The van der Waals surface area contributed by atoms with Gasteiger partial charge in [0.25, 0.3) is 5.91 Å². The Morgan fingerprint density at radius 1 is 1.05 bits per heavy atom. The Kier molecular flexibility index (Phi) is 5.13. The third kappa shape index (κ3) is 5.05. The Balaban J connectivity index is 1.74. The van der Waals surface area contributed by atoms with Gasteiger partial charge in [-0.15, -0.1) is 0 Å². The van der Waals surface area contributed by atoms with Gasteiger partial charge in [-0.25, -0.2) is 13.1 Å². The maximum absolute atomic E-state index is 11.8. The van der Waals surface area contributed by atoms with Gasteiger partial charge in [0, 0.05) is 13.1 Å². The van der Waals surface area contributed by atoms with Gasteiger partial charge in [-0.1, -0.05) is 30.3 Å². The largest absolute Gasteiger partial charge is 0.459 e. The first kappa shape index (κ1) is 15.3. The van der Waals surface area contributed by atoms with E-state index < -0.39 is 10.0 Å². The summed E-state index contributed by atoms with van der Waals surface area (Å²) in [5.41, 5.74) is 0.713. The molecule has 0 radical (unpaired) electrons. The number of nitrogens with one attached hydrogen (secondary N) is 2. The molecule has 0 saturated heterocycles. The minimum atomic E-state index is -3.41. The molecule has 1 aromatic carbocycles. The molecule has 0 saturated carbocycles. The number of carbonyl (C=O) groups excluding carboxylic acids is 1. The van der Waals surface area contributed by atoms with Gasteiger partial charge in [0.2, 0.25) is 10.0 Å². The van der Waals surface area contributed by atoms with Gasteiger partial charge in [-0.3, -0.25) is 4.79 Å². The highest BCUT2D eigenvalue weighted by Gasteiger charge is 2.11. The van der Waals surface area contributed by atoms with Crippen molar-refractivity contribution in [2.75, 3.05) is 13.1 Å². The number of hydrogen-bond donors (Lipinski definition) is 2. The molecule has 0 fully saturated rings. The lowest BCUT2D eigenvalue weighted by atomic mass is 10.2. The van der Waals surface area contributed by atoms with Crippen molar-refractivity contribution in [1.29, 1.82) is 0 Å². The molecule has 0 aliphatic rings. The van der Waals surface area contributed by atoms with Crippen molar-refractivity contribution in [3.63, 3.8) is 0 Å². The number of amides is 1. The van der Waals surface area contributed by atoms with Crippen molar-refractivity contribution in [3.8, 4) is 0 Å². The van der Waals surface area contributed by atoms with E-state index in [0.29, 0.717) is 5.56 Å². The molecule has 7 heteroatoms. The average molecular weight is 308 g/mol. The lowest BCUT2D eigenvalue weighted by molar-refractivity contribution is 0.0926. The predicted molar refractivity (Wildman–Crippen MR) is 78.1 cm³/mol. The summed E-state index contributed by atoms with van der Waals surface area (Å²) < 4.78 is 31.0. The van der Waals surface area contributed by atoms with Crippen LogP contribution in [0, 0.1) is 0 Å². The summed E-state index contributed by atoms with van der Waals surface area (Å²) in [6.45, 7) is 0.315. The van der Waals surface area contributed by atoms with Crippen LogP contribution in [0.3, 0.4) is 0 Å². The fourth-order valence-corrected chi connectivity index (χ4v) is 2.87. The third-order valence-electron chi connectivity index (χ3n) is 2.68. The number of benzene rings is 1. The first-order chi connectivity index (χ1) is 10.1. The van der Waals surface area contributed by atoms with Crippen molar-refractivity contribution < 1.29 is 17.6 Å². The molecule has 0 unspecified atom stereocenters. The molecule has 1 aromatic heterocycles. The number of rotatable bonds is 7. The number of carbonyl (C=O) groups is 1. The summed E-state index contributed by atoms with van der Waals surface area (Å²) in [6, 6.07) is 12.0. The van der Waals surface area contributed by atoms with Crippen LogP contribution in [0.4, 0.5) is 0 Å². The zero-order valence-corrected chi connectivity index (χ0v) is 12.1. The van der Waals surface area contributed by atoms with Gasteiger partial charge in [-0.05, 0) is 17.7 Å². The molecule has 0 spiro atoms. The van der Waals surface area contributed by atoms with Crippen LogP contribution < -0.4 is 10.0 Å². The zero-order valence-electron chi connectivity index (χ0n) is 11.3. The van der Waals surface area contributed by atoms with E-state index in [9.17, 15) is 13.2 Å². The van der Waals surface area contributed by atoms with E-state index in [1.165, 1.54) is 12.3 Å². The van der Waals surface area contributed by atoms with E-state index in [-0.39, 0.29) is 30.5 Å². The van der Waals surface area contributed by atoms with Crippen molar-refractivity contribution in [3.05, 3.63) is 60.1 Å². The first-order valence-corrected chi connectivity index (χ1v) is 8.05. The normalized spacial score (nSPS) is 11.2. The Hall–Kier alpha value is -2.12. The second-order valence-electron chi connectivity index (χ2n) is 4.37. The van der Waals surface area contributed by atoms with E-state index >= 15 is 0 Å². The molecule has 2 aromatic rings. The van der Waals surface area contributed by atoms with Crippen molar-refractivity contribution in [2.45, 2.75) is 5.75 Å². The van der Waals surface area contributed by atoms with Gasteiger partial charge in [0.05, 0.1) is 12.0 Å². The molecule has 21 heavy (non-hydrogen) atoms. The quantitative estimate of drug-likeness (QED) is 0.750. The summed E-state index contributed by atoms with van der Waals surface area (Å²) in [4.78, 5) is 11.5. The summed E-state index contributed by atoms with van der Waals surface area (Å²) in [5.74, 6) is -0.260. The van der Waals surface area contributed by atoms with E-state index in [4.69, 9.17) is 4.42 Å². The molecule has 112 valence electrons. The number of hydrogen-bond acceptors (Lipinski definition) is 4. The standard InChI is InChI=1S/C14H16N2O4S/c17-14(13-7-4-10-20-13)15-8-9-16-21(18,19)11-12-5-2-1-3-6-12/h1-7,10,16H,8-9,11H2,(H,15,17). The van der Waals surface area contributed by atoms with Crippen LogP contribution in [0.15, 0.2) is 53.1 Å². The van der Waals surface area contributed by atoms with Crippen molar-refractivity contribution >= 4 is 15.9 Å². The highest BCUT2D eigenvalue weighted by atomic mass is 32.2. The zero-order chi connectivity index (χ0) is 15.1. The minimum absolute atomic E-state index is 0.0834. The molecular weight excluding hydrogens is 292 g/mol. The number of furan rings is 1. The highest BCUT2D eigenvalue weighted by Crippen LogP contribution is 2.03. The van der Waals surface area contributed by atoms with Crippen LogP contribution >= 0.6 is 0 Å². The van der Waals surface area contributed by atoms with Gasteiger partial charge in [0.15, 0.2) is 5.76 Å². The van der Waals surface area contributed by atoms with Gasteiger partial charge in [-0.2, -0.15) is 0 Å². The second kappa shape index (κ2) is 7.05. The molecule has 2 rings (SSSR count). The summed E-state index contributed by atoms with van der Waals surface area (Å²) in [6.07, 6.45) is 1.40. The fraction of sp³-hybridized carbons (Fsp3) is 0.214. The van der Waals surface area contributed by atoms with E-state index in [2.05, 4.69) is 10.0 Å². The van der Waals surface area contributed by atoms with Crippen molar-refractivity contribution in [1.82, 2.24) is 10.0 Å². The lowest BCUT2D eigenvalue weighted by Crippen LogP contribution is -2.35. The van der Waals surface area contributed by atoms with Crippen molar-refractivity contribution in [2.24, 2.45) is 0 Å². The molecule has 0 aliphatic carbocycles. The molecule has 6 nitrogen and oxygen atoms in total. The highest BCUT2D eigenvalue weighted by molar-refractivity contribution is 7.88. The van der Waals surface area contributed by atoms with Crippen LogP contribution in [-0.4, -0.2) is 27.4 Å². The third-order valence-corrected chi connectivity index (χ3v) is 4.03. The van der Waals surface area contributed by atoms with E-state index in [0.717, 1.165) is 0 Å². The minimum Gasteiger partial charge on any atom is -0.459 e. The Bertz CT molecular complexity index is 666. The molecule has 2 N–H and O–H groups in total. The summed E-state index contributed by atoms with van der Waals surface area (Å²) in [7, 11) is -3.41. The SMILES string of the molecule is O=C(NCCNS(=O)(=O)Cc1ccccc1)c1ccco1. The molecule has 1 amide bonds. The van der Waals surface area contributed by atoms with Gasteiger partial charge >= 0.3 is 0 Å². The molecule has 0 aliphatic heterocycles. The summed E-state index contributed by atoms with van der Waals surface area (Å²) in [5, 5.41) is 2.56. The summed E-state index contributed by atoms with van der Waals surface area (Å²) >= 11 is 0. The van der Waals surface area contributed by atoms with Crippen LogP contribution in [0.1, 0.15) is 16.1 Å². The first-order valence-electron chi connectivity index (χ1n) is 6.40. The molecule has 1 heterocycles. The number of sulfonamides is 1. The molecular formula is C14H16N2O4S. The predicted octanol–water partition coefficient (Wildman–Crippen LogP) is 1.13. The topological polar surface area (TPSA) is 88.4 Å². The second-order valence-corrected chi connectivity index (χ2v) is 6.18. The Morgan fingerprint density at radius 2 is 1.81 bits per heavy atom. The Morgan fingerprint density at radius 3 is 2.48 bits per heavy atom. The van der Waals surface area contributed by atoms with Crippen LogP contribution in [-0.2, 0) is 15.8 Å². The van der Waals surface area contributed by atoms with Crippen LogP contribution in [0.5, 0.6) is 0 Å². The maximum atomic E-state index is 11.8. The van der Waals surface area contributed by atoms with Gasteiger partial charge in [0.1, 0.15) is 0 Å². The van der Waals surface area contributed by atoms with Crippen LogP contribution in [0.25, 0.3) is 0 Å². The van der Waals surface area contributed by atoms with E-state index in [1.807, 2.05) is 6.07 Å². The fourth-order valence-electron chi connectivity index (χ4n) is 1.72. The Labute approximate surface area is 123 Å². The molecule has 0 atom stereocenters. The average Bonchev–Trinajstić information content (AvgIpc) is 2.98. The monoisotopic (exact) mass is 308 g/mol. The smallest absolute Gasteiger partial charge is 0.287 e.